The normalized spacial score (nSPS) is 13.8. The lowest BCUT2D eigenvalue weighted by atomic mass is 10.0. The first-order valence-corrected chi connectivity index (χ1v) is 16.0. The second-order valence-electron chi connectivity index (χ2n) is 11.9. The first-order valence-electron chi connectivity index (χ1n) is 20.0. The zero-order valence-corrected chi connectivity index (χ0v) is 26.2. The van der Waals surface area contributed by atoms with Crippen LogP contribution >= 0.6 is 0 Å². The molecule has 0 aliphatic carbocycles. The van der Waals surface area contributed by atoms with Gasteiger partial charge >= 0.3 is 0 Å². The highest BCUT2D eigenvalue weighted by Crippen LogP contribution is 2.35. The maximum atomic E-state index is 8.87. The molecule has 0 aliphatic heterocycles. The van der Waals surface area contributed by atoms with E-state index < -0.39 is 24.2 Å². The van der Waals surface area contributed by atoms with Gasteiger partial charge in [-0.15, -0.1) is 0 Å². The molecule has 50 heavy (non-hydrogen) atoms. The first-order chi connectivity index (χ1) is 28.1. The van der Waals surface area contributed by atoms with Crippen LogP contribution in [0.25, 0.3) is 94.7 Å². The number of para-hydroxylation sites is 3. The molecule has 0 unspecified atom stereocenters. The Bertz CT molecular complexity index is 3250. The highest BCUT2D eigenvalue weighted by atomic mass is 16.3. The van der Waals surface area contributed by atoms with Crippen LogP contribution in [0.4, 0.5) is 0 Å². The molecule has 10 rings (SSSR count). The van der Waals surface area contributed by atoms with E-state index in [2.05, 4.69) is 0 Å². The van der Waals surface area contributed by atoms with Crippen molar-refractivity contribution in [2.24, 2.45) is 0 Å². The number of furan rings is 1. The number of nitrogens with zero attached hydrogens (tertiary/aromatic N) is 4. The average Bonchev–Trinajstić information content (AvgIpc) is 3.83. The summed E-state index contributed by atoms with van der Waals surface area (Å²) in [6.07, 6.45) is 0. The standard InChI is InChI=1S/C45H28N4O/c1-2-11-30(12-3-1)43-46-44(48-45(47-43)33-25-26-38-37-17-6-9-20-41(37)50-42(38)28-33)31-23-21-29(22-24-31)32-13-10-14-34(27-32)49-39-18-7-4-15-35(39)36-16-5-8-19-40(36)49/h1-28H/i4D,5D,7D,8D,15D,16D,18D,19D. The van der Waals surface area contributed by atoms with E-state index in [4.69, 9.17) is 30.3 Å². The van der Waals surface area contributed by atoms with E-state index in [1.54, 1.807) is 12.1 Å². The third-order valence-corrected chi connectivity index (χ3v) is 8.92. The molecule has 7 aromatic carbocycles. The molecule has 3 heterocycles. The Morgan fingerprint density at radius 2 is 0.980 bits per heavy atom. The maximum absolute atomic E-state index is 8.87. The zero-order valence-electron chi connectivity index (χ0n) is 34.2. The molecule has 0 saturated carbocycles. The van der Waals surface area contributed by atoms with Gasteiger partial charge in [0.15, 0.2) is 17.5 Å². The Balaban J connectivity index is 1.09. The third kappa shape index (κ3) is 4.67. The van der Waals surface area contributed by atoms with Gasteiger partial charge in [0.2, 0.25) is 0 Å². The second kappa shape index (κ2) is 11.4. The number of hydrogen-bond acceptors (Lipinski definition) is 4. The number of aromatic nitrogens is 4. The van der Waals surface area contributed by atoms with Crippen molar-refractivity contribution in [3.05, 3.63) is 170 Å². The van der Waals surface area contributed by atoms with Gasteiger partial charge < -0.3 is 8.98 Å². The van der Waals surface area contributed by atoms with Crippen molar-refractivity contribution in [2.45, 2.75) is 0 Å². The number of rotatable bonds is 5. The van der Waals surface area contributed by atoms with Crippen LogP contribution in [-0.4, -0.2) is 19.5 Å². The minimum absolute atomic E-state index is 0.0341. The molecule has 5 heteroatoms. The SMILES string of the molecule is [2H]c1c([2H])c([2H])c2c(c1[2H])c1c([2H])c([2H])c([2H])c([2H])c1n2-c1cccc(-c2ccc(-c3nc(-c4ccccc4)nc(-c4ccc5c(c4)oc4ccccc45)n3)cc2)c1. The molecule has 0 atom stereocenters. The van der Waals surface area contributed by atoms with Crippen molar-refractivity contribution in [1.82, 2.24) is 19.5 Å². The summed E-state index contributed by atoms with van der Waals surface area (Å²) in [6.45, 7) is 0. The predicted octanol–water partition coefficient (Wildman–Crippen LogP) is 11.5. The van der Waals surface area contributed by atoms with E-state index >= 15 is 0 Å². The van der Waals surface area contributed by atoms with Crippen LogP contribution < -0.4 is 0 Å². The van der Waals surface area contributed by atoms with Gasteiger partial charge in [-0.05, 0) is 53.5 Å². The van der Waals surface area contributed by atoms with Crippen LogP contribution in [0.2, 0.25) is 0 Å². The lowest BCUT2D eigenvalue weighted by molar-refractivity contribution is 0.669. The van der Waals surface area contributed by atoms with Crippen LogP contribution in [-0.2, 0) is 0 Å². The van der Waals surface area contributed by atoms with Crippen molar-refractivity contribution in [1.29, 1.82) is 0 Å². The minimum Gasteiger partial charge on any atom is -0.456 e. The van der Waals surface area contributed by atoms with Crippen LogP contribution in [0.5, 0.6) is 0 Å². The van der Waals surface area contributed by atoms with Crippen LogP contribution in [0, 0.1) is 0 Å². The van der Waals surface area contributed by atoms with Gasteiger partial charge in [0, 0.05) is 43.9 Å². The fraction of sp³-hybridized carbons (Fsp3) is 0. The van der Waals surface area contributed by atoms with Crippen LogP contribution in [0.1, 0.15) is 11.0 Å². The fourth-order valence-corrected chi connectivity index (χ4v) is 6.53. The largest absolute Gasteiger partial charge is 0.456 e. The minimum atomic E-state index is -0.480. The Kier molecular flexibility index (Phi) is 4.83. The highest BCUT2D eigenvalue weighted by Gasteiger charge is 2.16. The van der Waals surface area contributed by atoms with E-state index in [9.17, 15) is 0 Å². The van der Waals surface area contributed by atoms with Gasteiger partial charge in [-0.1, -0.05) is 127 Å². The smallest absolute Gasteiger partial charge is 0.164 e. The van der Waals surface area contributed by atoms with E-state index in [1.807, 2.05) is 109 Å². The lowest BCUT2D eigenvalue weighted by Gasteiger charge is -2.11. The average molecular weight is 649 g/mol. The molecule has 0 aliphatic rings. The zero-order chi connectivity index (χ0) is 40.0. The molecule has 0 fully saturated rings. The van der Waals surface area contributed by atoms with E-state index in [-0.39, 0.29) is 46.0 Å². The lowest BCUT2D eigenvalue weighted by Crippen LogP contribution is -2.00. The molecular formula is C45H28N4O. The van der Waals surface area contributed by atoms with Gasteiger partial charge in [-0.25, -0.2) is 15.0 Å². The molecule has 0 saturated heterocycles. The van der Waals surface area contributed by atoms with Crippen molar-refractivity contribution < 1.29 is 15.4 Å². The van der Waals surface area contributed by atoms with Gasteiger partial charge in [-0.3, -0.25) is 0 Å². The Hall–Kier alpha value is -6.85. The third-order valence-electron chi connectivity index (χ3n) is 8.92. The summed E-state index contributed by atoms with van der Waals surface area (Å²) in [5.74, 6) is 1.48. The molecule has 3 aromatic heterocycles. The van der Waals surface area contributed by atoms with Crippen molar-refractivity contribution in [2.75, 3.05) is 0 Å². The van der Waals surface area contributed by atoms with Gasteiger partial charge in [-0.2, -0.15) is 0 Å². The summed E-state index contributed by atoms with van der Waals surface area (Å²) in [7, 11) is 0. The molecular weight excluding hydrogens is 613 g/mol. The molecule has 0 radical (unpaired) electrons. The Morgan fingerprint density at radius 1 is 0.420 bits per heavy atom. The van der Waals surface area contributed by atoms with Crippen molar-refractivity contribution in [3.8, 4) is 51.0 Å². The fourth-order valence-electron chi connectivity index (χ4n) is 6.53. The van der Waals surface area contributed by atoms with Gasteiger partial charge in [0.1, 0.15) is 11.2 Å². The van der Waals surface area contributed by atoms with E-state index in [0.29, 0.717) is 23.2 Å². The van der Waals surface area contributed by atoms with Gasteiger partial charge in [0.05, 0.1) is 22.0 Å². The van der Waals surface area contributed by atoms with Crippen LogP contribution in [0.15, 0.2) is 174 Å². The summed E-state index contributed by atoms with van der Waals surface area (Å²) in [5, 5.41) is 2.11. The summed E-state index contributed by atoms with van der Waals surface area (Å²) in [6, 6.07) is 35.3. The number of benzene rings is 7. The maximum Gasteiger partial charge on any atom is 0.164 e. The summed E-state index contributed by atoms with van der Waals surface area (Å²) < 4.78 is 76.5. The molecule has 234 valence electrons. The number of fused-ring (bicyclic) bond motifs is 6. The summed E-state index contributed by atoms with van der Waals surface area (Å²) >= 11 is 0. The van der Waals surface area contributed by atoms with Crippen LogP contribution in [0.3, 0.4) is 0 Å². The Morgan fingerprint density at radius 3 is 1.72 bits per heavy atom. The molecule has 0 bridgehead atoms. The molecule has 0 N–H and O–H groups in total. The highest BCUT2D eigenvalue weighted by molar-refractivity contribution is 6.09. The molecule has 0 spiro atoms. The summed E-state index contributed by atoms with van der Waals surface area (Å²) in [4.78, 5) is 14.7. The first kappa shape index (κ1) is 21.2. The second-order valence-corrected chi connectivity index (χ2v) is 11.9. The monoisotopic (exact) mass is 648 g/mol. The summed E-state index contributed by atoms with van der Waals surface area (Å²) in [5.41, 5.74) is 6.09. The molecule has 5 nitrogen and oxygen atoms in total. The van der Waals surface area contributed by atoms with E-state index in [1.165, 1.54) is 4.57 Å². The number of hydrogen-bond donors (Lipinski definition) is 0. The van der Waals surface area contributed by atoms with Crippen molar-refractivity contribution >= 4 is 43.7 Å². The Labute approximate surface area is 299 Å². The van der Waals surface area contributed by atoms with Gasteiger partial charge in [0.25, 0.3) is 0 Å². The predicted molar refractivity (Wildman–Crippen MR) is 203 cm³/mol. The topological polar surface area (TPSA) is 56.7 Å². The molecule has 10 aromatic rings. The van der Waals surface area contributed by atoms with Crippen molar-refractivity contribution in [3.63, 3.8) is 0 Å². The quantitative estimate of drug-likeness (QED) is 0.186. The van der Waals surface area contributed by atoms with E-state index in [0.717, 1.165) is 49.8 Å². The molecule has 0 amide bonds.